The normalized spacial score (nSPS) is 10.4. The van der Waals surface area contributed by atoms with Crippen molar-refractivity contribution in [2.24, 2.45) is 5.84 Å². The average molecular weight is 333 g/mol. The molecular formula is C18H21ClN2O2. The van der Waals surface area contributed by atoms with Gasteiger partial charge in [0.2, 0.25) is 0 Å². The molecule has 2 aromatic rings. The second-order valence-electron chi connectivity index (χ2n) is 5.26. The molecule has 0 atom stereocenters. The Kier molecular flexibility index (Phi) is 6.44. The zero-order valence-electron chi connectivity index (χ0n) is 13.2. The van der Waals surface area contributed by atoms with Gasteiger partial charge in [-0.3, -0.25) is 9.80 Å². The fourth-order valence-electron chi connectivity index (χ4n) is 2.08. The lowest BCUT2D eigenvalue weighted by Crippen LogP contribution is -2.36. The summed E-state index contributed by atoms with van der Waals surface area (Å²) in [5.41, 5.74) is 1.33. The van der Waals surface area contributed by atoms with Crippen LogP contribution in [0.15, 0.2) is 48.5 Å². The quantitative estimate of drug-likeness (QED) is 0.360. The van der Waals surface area contributed by atoms with Crippen LogP contribution in [0.25, 0.3) is 0 Å². The van der Waals surface area contributed by atoms with Crippen LogP contribution in [-0.2, 0) is 6.54 Å². The molecule has 0 aliphatic carbocycles. The highest BCUT2D eigenvalue weighted by atomic mass is 35.5. The molecule has 0 radical (unpaired) electrons. The van der Waals surface area contributed by atoms with Crippen LogP contribution in [-0.4, -0.2) is 17.5 Å². The molecule has 0 aliphatic rings. The highest BCUT2D eigenvalue weighted by molar-refractivity contribution is 6.33. The molecule has 0 heterocycles. The molecular weight excluding hydrogens is 312 g/mol. The van der Waals surface area contributed by atoms with Crippen molar-refractivity contribution in [3.8, 4) is 5.75 Å². The Balaban J connectivity index is 1.96. The van der Waals surface area contributed by atoms with Gasteiger partial charge >= 0.3 is 0 Å². The van der Waals surface area contributed by atoms with E-state index in [4.69, 9.17) is 22.2 Å². The number of hydrogen-bond acceptors (Lipinski definition) is 3. The molecule has 0 bridgehead atoms. The summed E-state index contributed by atoms with van der Waals surface area (Å²) in [5, 5.41) is 1.56. The van der Waals surface area contributed by atoms with Gasteiger partial charge in [0, 0.05) is 0 Å². The van der Waals surface area contributed by atoms with E-state index in [2.05, 4.69) is 6.92 Å². The Labute approximate surface area is 141 Å². The van der Waals surface area contributed by atoms with Crippen molar-refractivity contribution in [2.75, 3.05) is 6.61 Å². The van der Waals surface area contributed by atoms with Gasteiger partial charge in [0.15, 0.2) is 0 Å². The molecule has 2 N–H and O–H groups in total. The third kappa shape index (κ3) is 4.98. The summed E-state index contributed by atoms with van der Waals surface area (Å²) in [6.45, 7) is 3.14. The number of rotatable bonds is 7. The van der Waals surface area contributed by atoms with Gasteiger partial charge in [-0.05, 0) is 36.2 Å². The minimum Gasteiger partial charge on any atom is -0.494 e. The highest BCUT2D eigenvalue weighted by Crippen LogP contribution is 2.18. The van der Waals surface area contributed by atoms with Gasteiger partial charge in [-0.2, -0.15) is 0 Å². The van der Waals surface area contributed by atoms with Crippen LogP contribution < -0.4 is 10.6 Å². The summed E-state index contributed by atoms with van der Waals surface area (Å²) in [7, 11) is 0. The van der Waals surface area contributed by atoms with Crippen LogP contribution in [0.1, 0.15) is 35.7 Å². The van der Waals surface area contributed by atoms with Gasteiger partial charge in [0.25, 0.3) is 5.91 Å². The number of benzene rings is 2. The van der Waals surface area contributed by atoms with Crippen LogP contribution in [0.3, 0.4) is 0 Å². The molecule has 0 fully saturated rings. The Bertz CT molecular complexity index is 644. The minimum absolute atomic E-state index is 0.305. The molecule has 0 aliphatic heterocycles. The van der Waals surface area contributed by atoms with E-state index in [-0.39, 0.29) is 5.91 Å². The standard InChI is InChI=1S/C18H21ClN2O2/c1-2-3-12-23-15-10-8-14(9-11-15)13-21(20)18(22)16-6-4-5-7-17(16)19/h4-11H,2-3,12-13,20H2,1H3. The number of carbonyl (C=O) groups is 1. The van der Waals surface area contributed by atoms with Crippen molar-refractivity contribution in [2.45, 2.75) is 26.3 Å². The number of nitrogens with zero attached hydrogens (tertiary/aromatic N) is 1. The Morgan fingerprint density at radius 1 is 1.17 bits per heavy atom. The van der Waals surface area contributed by atoms with Gasteiger partial charge in [0.05, 0.1) is 23.7 Å². The largest absolute Gasteiger partial charge is 0.494 e. The van der Waals surface area contributed by atoms with Gasteiger partial charge < -0.3 is 4.74 Å². The molecule has 0 unspecified atom stereocenters. The predicted molar refractivity (Wildman–Crippen MR) is 92.4 cm³/mol. The van der Waals surface area contributed by atoms with E-state index in [1.165, 1.54) is 0 Å². The topological polar surface area (TPSA) is 55.6 Å². The summed E-state index contributed by atoms with van der Waals surface area (Å²) < 4.78 is 5.61. The van der Waals surface area contributed by atoms with Crippen LogP contribution in [0, 0.1) is 0 Å². The Morgan fingerprint density at radius 2 is 1.87 bits per heavy atom. The first kappa shape index (κ1) is 17.3. The van der Waals surface area contributed by atoms with E-state index in [1.54, 1.807) is 24.3 Å². The summed E-state index contributed by atoms with van der Waals surface area (Å²) in [4.78, 5) is 12.3. The highest BCUT2D eigenvalue weighted by Gasteiger charge is 2.15. The molecule has 0 saturated heterocycles. The summed E-state index contributed by atoms with van der Waals surface area (Å²) in [5.74, 6) is 6.40. The fourth-order valence-corrected chi connectivity index (χ4v) is 2.30. The van der Waals surface area contributed by atoms with Crippen LogP contribution in [0.4, 0.5) is 0 Å². The van der Waals surface area contributed by atoms with E-state index >= 15 is 0 Å². The number of carbonyl (C=O) groups excluding carboxylic acids is 1. The molecule has 122 valence electrons. The Morgan fingerprint density at radius 3 is 2.52 bits per heavy atom. The number of unbranched alkanes of at least 4 members (excludes halogenated alkanes) is 1. The van der Waals surface area contributed by atoms with Gasteiger partial charge in [-0.25, -0.2) is 5.84 Å². The maximum Gasteiger partial charge on any atom is 0.269 e. The maximum absolute atomic E-state index is 12.3. The van der Waals surface area contributed by atoms with E-state index in [0.29, 0.717) is 23.7 Å². The van der Waals surface area contributed by atoms with Crippen molar-refractivity contribution < 1.29 is 9.53 Å². The lowest BCUT2D eigenvalue weighted by atomic mass is 10.1. The van der Waals surface area contributed by atoms with E-state index in [0.717, 1.165) is 29.2 Å². The van der Waals surface area contributed by atoms with Gasteiger partial charge in [0.1, 0.15) is 5.75 Å². The molecule has 1 amide bonds. The number of hydrazine groups is 1. The van der Waals surface area contributed by atoms with Crippen LogP contribution in [0.2, 0.25) is 5.02 Å². The number of nitrogens with two attached hydrogens (primary N) is 1. The lowest BCUT2D eigenvalue weighted by Gasteiger charge is -2.17. The average Bonchev–Trinajstić information content (AvgIpc) is 2.56. The second kappa shape index (κ2) is 8.56. The summed E-state index contributed by atoms with van der Waals surface area (Å²) in [6.07, 6.45) is 2.13. The second-order valence-corrected chi connectivity index (χ2v) is 5.67. The van der Waals surface area contributed by atoms with E-state index < -0.39 is 0 Å². The fraction of sp³-hybridized carbons (Fsp3) is 0.278. The molecule has 0 saturated carbocycles. The maximum atomic E-state index is 12.3. The number of amides is 1. The monoisotopic (exact) mass is 332 g/mol. The summed E-state index contributed by atoms with van der Waals surface area (Å²) in [6, 6.07) is 14.5. The van der Waals surface area contributed by atoms with E-state index in [9.17, 15) is 4.79 Å². The Hall–Kier alpha value is -2.04. The molecule has 5 heteroatoms. The molecule has 0 spiro atoms. The molecule has 0 aromatic heterocycles. The predicted octanol–water partition coefficient (Wildman–Crippen LogP) is 4.04. The first-order chi connectivity index (χ1) is 11.1. The lowest BCUT2D eigenvalue weighted by molar-refractivity contribution is 0.0743. The number of hydrogen-bond donors (Lipinski definition) is 1. The van der Waals surface area contributed by atoms with E-state index in [1.807, 2.05) is 24.3 Å². The number of ether oxygens (including phenoxy) is 1. The smallest absolute Gasteiger partial charge is 0.269 e. The zero-order chi connectivity index (χ0) is 16.7. The van der Waals surface area contributed by atoms with Crippen molar-refractivity contribution >= 4 is 17.5 Å². The van der Waals surface area contributed by atoms with Crippen molar-refractivity contribution in [1.29, 1.82) is 0 Å². The molecule has 2 rings (SSSR count). The van der Waals surface area contributed by atoms with Gasteiger partial charge in [-0.1, -0.05) is 49.2 Å². The first-order valence-electron chi connectivity index (χ1n) is 7.64. The SMILES string of the molecule is CCCCOc1ccc(CN(N)C(=O)c2ccccc2Cl)cc1. The zero-order valence-corrected chi connectivity index (χ0v) is 13.9. The molecule has 2 aromatic carbocycles. The minimum atomic E-state index is -0.307. The first-order valence-corrected chi connectivity index (χ1v) is 8.02. The van der Waals surface area contributed by atoms with Gasteiger partial charge in [-0.15, -0.1) is 0 Å². The van der Waals surface area contributed by atoms with Crippen molar-refractivity contribution in [3.05, 3.63) is 64.7 Å². The molecule has 23 heavy (non-hydrogen) atoms. The third-order valence-electron chi connectivity index (χ3n) is 3.41. The van der Waals surface area contributed by atoms with Crippen molar-refractivity contribution in [1.82, 2.24) is 5.01 Å². The molecule has 4 nitrogen and oxygen atoms in total. The van der Waals surface area contributed by atoms with Crippen LogP contribution >= 0.6 is 11.6 Å². The summed E-state index contributed by atoms with van der Waals surface area (Å²) >= 11 is 6.03. The number of halogens is 1. The van der Waals surface area contributed by atoms with Crippen molar-refractivity contribution in [3.63, 3.8) is 0 Å². The third-order valence-corrected chi connectivity index (χ3v) is 3.74. The van der Waals surface area contributed by atoms with Crippen LogP contribution in [0.5, 0.6) is 5.75 Å².